The van der Waals surface area contributed by atoms with Crippen LogP contribution in [-0.4, -0.2) is 18.1 Å². The Morgan fingerprint density at radius 3 is 2.94 bits per heavy atom. The standard InChI is InChI=1S/C12H7ClN2O2/c1-17-12(16)9-6-15-10-4-7(5-14)2-3-8(10)11(9)13/h2-4,6H,1H3. The van der Waals surface area contributed by atoms with Gasteiger partial charge in [-0.2, -0.15) is 5.26 Å². The van der Waals surface area contributed by atoms with Gasteiger partial charge in [-0.05, 0) is 18.2 Å². The molecule has 0 spiro atoms. The topological polar surface area (TPSA) is 63.0 Å². The highest BCUT2D eigenvalue weighted by Crippen LogP contribution is 2.26. The number of methoxy groups -OCH3 is 1. The van der Waals surface area contributed by atoms with Crippen LogP contribution in [0.25, 0.3) is 10.9 Å². The summed E-state index contributed by atoms with van der Waals surface area (Å²) in [5.41, 5.74) is 1.28. The Morgan fingerprint density at radius 2 is 2.29 bits per heavy atom. The lowest BCUT2D eigenvalue weighted by Crippen LogP contribution is -2.03. The fraction of sp³-hybridized carbons (Fsp3) is 0.0833. The summed E-state index contributed by atoms with van der Waals surface area (Å²) < 4.78 is 4.60. The number of halogens is 1. The predicted octanol–water partition coefficient (Wildman–Crippen LogP) is 2.55. The SMILES string of the molecule is COC(=O)c1cnc2cc(C#N)ccc2c1Cl. The number of pyridine rings is 1. The molecule has 4 nitrogen and oxygen atoms in total. The van der Waals surface area contributed by atoms with E-state index in [2.05, 4.69) is 9.72 Å². The fourth-order valence-electron chi connectivity index (χ4n) is 1.48. The number of hydrogen-bond donors (Lipinski definition) is 0. The summed E-state index contributed by atoms with van der Waals surface area (Å²) in [5.74, 6) is -0.534. The Balaban J connectivity index is 2.69. The second-order valence-electron chi connectivity index (χ2n) is 3.32. The van der Waals surface area contributed by atoms with E-state index in [-0.39, 0.29) is 10.6 Å². The zero-order valence-electron chi connectivity index (χ0n) is 8.90. The number of fused-ring (bicyclic) bond motifs is 1. The van der Waals surface area contributed by atoms with Crippen molar-refractivity contribution < 1.29 is 9.53 Å². The van der Waals surface area contributed by atoms with Crippen LogP contribution in [0.1, 0.15) is 15.9 Å². The summed E-state index contributed by atoms with van der Waals surface area (Å²) in [4.78, 5) is 15.5. The Kier molecular flexibility index (Phi) is 2.94. The number of ether oxygens (including phenoxy) is 1. The molecule has 0 unspecified atom stereocenters. The first-order valence-electron chi connectivity index (χ1n) is 4.74. The van der Waals surface area contributed by atoms with Crippen molar-refractivity contribution in [1.82, 2.24) is 4.98 Å². The van der Waals surface area contributed by atoms with Crippen molar-refractivity contribution in [3.05, 3.63) is 40.5 Å². The molecular formula is C12H7ClN2O2. The second-order valence-corrected chi connectivity index (χ2v) is 3.70. The monoisotopic (exact) mass is 246 g/mol. The van der Waals surface area contributed by atoms with Crippen molar-refractivity contribution in [2.75, 3.05) is 7.11 Å². The Morgan fingerprint density at radius 1 is 1.53 bits per heavy atom. The van der Waals surface area contributed by atoms with Crippen LogP contribution in [0, 0.1) is 11.3 Å². The van der Waals surface area contributed by atoms with Crippen molar-refractivity contribution >= 4 is 28.5 Å². The minimum absolute atomic E-state index is 0.214. The highest BCUT2D eigenvalue weighted by Gasteiger charge is 2.14. The molecule has 0 saturated carbocycles. The van der Waals surface area contributed by atoms with Crippen LogP contribution in [0.4, 0.5) is 0 Å². The third kappa shape index (κ3) is 1.93. The molecule has 2 rings (SSSR count). The van der Waals surface area contributed by atoms with Gasteiger partial charge in [0.05, 0.1) is 34.8 Å². The molecule has 0 saturated heterocycles. The van der Waals surface area contributed by atoms with E-state index in [0.717, 1.165) is 0 Å². The van der Waals surface area contributed by atoms with Gasteiger partial charge in [-0.1, -0.05) is 11.6 Å². The zero-order valence-corrected chi connectivity index (χ0v) is 9.65. The molecule has 0 aliphatic carbocycles. The Hall–Kier alpha value is -2.12. The van der Waals surface area contributed by atoms with E-state index in [1.165, 1.54) is 13.3 Å². The third-order valence-electron chi connectivity index (χ3n) is 2.34. The van der Waals surface area contributed by atoms with Gasteiger partial charge < -0.3 is 4.74 Å². The molecule has 0 fully saturated rings. The molecule has 5 heteroatoms. The quantitative estimate of drug-likeness (QED) is 0.726. The fourth-order valence-corrected chi connectivity index (χ4v) is 1.77. The lowest BCUT2D eigenvalue weighted by molar-refractivity contribution is 0.0600. The van der Waals surface area contributed by atoms with Crippen molar-refractivity contribution in [2.45, 2.75) is 0 Å². The molecule has 0 radical (unpaired) electrons. The Labute approximate surface area is 102 Å². The predicted molar refractivity (Wildman–Crippen MR) is 62.8 cm³/mol. The summed E-state index contributed by atoms with van der Waals surface area (Å²) in [6.07, 6.45) is 1.34. The number of carbonyl (C=O) groups excluding carboxylic acids is 1. The van der Waals surface area contributed by atoms with Gasteiger partial charge in [0.1, 0.15) is 0 Å². The van der Waals surface area contributed by atoms with Crippen LogP contribution in [0.3, 0.4) is 0 Å². The number of benzene rings is 1. The van der Waals surface area contributed by atoms with Crippen LogP contribution in [-0.2, 0) is 4.74 Å². The normalized spacial score (nSPS) is 9.94. The zero-order chi connectivity index (χ0) is 12.4. The average molecular weight is 247 g/mol. The van der Waals surface area contributed by atoms with Gasteiger partial charge in [0.15, 0.2) is 0 Å². The number of nitriles is 1. The smallest absolute Gasteiger partial charge is 0.340 e. The molecule has 17 heavy (non-hydrogen) atoms. The number of nitrogens with zero attached hydrogens (tertiary/aromatic N) is 2. The molecule has 0 amide bonds. The van der Waals surface area contributed by atoms with Gasteiger partial charge in [0, 0.05) is 11.6 Å². The van der Waals surface area contributed by atoms with E-state index in [9.17, 15) is 4.79 Å². The largest absolute Gasteiger partial charge is 0.465 e. The van der Waals surface area contributed by atoms with E-state index in [0.29, 0.717) is 16.5 Å². The van der Waals surface area contributed by atoms with E-state index in [4.69, 9.17) is 16.9 Å². The first-order valence-corrected chi connectivity index (χ1v) is 5.12. The molecule has 1 aromatic heterocycles. The summed E-state index contributed by atoms with van der Waals surface area (Å²) in [7, 11) is 1.28. The van der Waals surface area contributed by atoms with Gasteiger partial charge in [-0.25, -0.2) is 4.79 Å². The maximum Gasteiger partial charge on any atom is 0.340 e. The molecule has 0 atom stereocenters. The van der Waals surface area contributed by atoms with Gasteiger partial charge in [0.2, 0.25) is 0 Å². The minimum atomic E-state index is -0.534. The molecule has 84 valence electrons. The average Bonchev–Trinajstić information content (AvgIpc) is 2.38. The van der Waals surface area contributed by atoms with Crippen LogP contribution >= 0.6 is 11.6 Å². The molecule has 1 heterocycles. The lowest BCUT2D eigenvalue weighted by atomic mass is 10.1. The van der Waals surface area contributed by atoms with Gasteiger partial charge in [-0.15, -0.1) is 0 Å². The molecule has 0 N–H and O–H groups in total. The van der Waals surface area contributed by atoms with Gasteiger partial charge in [0.25, 0.3) is 0 Å². The van der Waals surface area contributed by atoms with Crippen molar-refractivity contribution in [3.63, 3.8) is 0 Å². The highest BCUT2D eigenvalue weighted by atomic mass is 35.5. The van der Waals surface area contributed by atoms with Crippen LogP contribution < -0.4 is 0 Å². The first-order chi connectivity index (χ1) is 8.17. The molecule has 0 aliphatic heterocycles. The minimum Gasteiger partial charge on any atom is -0.465 e. The van der Waals surface area contributed by atoms with Crippen LogP contribution in [0.2, 0.25) is 5.02 Å². The highest BCUT2D eigenvalue weighted by molar-refractivity contribution is 6.38. The van der Waals surface area contributed by atoms with Crippen molar-refractivity contribution in [1.29, 1.82) is 5.26 Å². The molecule has 0 aliphatic rings. The number of carbonyl (C=O) groups is 1. The third-order valence-corrected chi connectivity index (χ3v) is 2.75. The van der Waals surface area contributed by atoms with Crippen molar-refractivity contribution in [3.8, 4) is 6.07 Å². The molecular weight excluding hydrogens is 240 g/mol. The lowest BCUT2D eigenvalue weighted by Gasteiger charge is -2.05. The maximum absolute atomic E-state index is 11.4. The number of rotatable bonds is 1. The van der Waals surface area contributed by atoms with E-state index in [1.54, 1.807) is 18.2 Å². The van der Waals surface area contributed by atoms with Gasteiger partial charge in [-0.3, -0.25) is 4.98 Å². The number of hydrogen-bond acceptors (Lipinski definition) is 4. The van der Waals surface area contributed by atoms with E-state index < -0.39 is 5.97 Å². The van der Waals surface area contributed by atoms with Crippen LogP contribution in [0.5, 0.6) is 0 Å². The summed E-state index contributed by atoms with van der Waals surface area (Å²) in [6.45, 7) is 0. The summed E-state index contributed by atoms with van der Waals surface area (Å²) in [5, 5.41) is 9.67. The Bertz CT molecular complexity index is 647. The van der Waals surface area contributed by atoms with Crippen molar-refractivity contribution in [2.24, 2.45) is 0 Å². The number of aromatic nitrogens is 1. The number of esters is 1. The molecule has 2 aromatic rings. The van der Waals surface area contributed by atoms with Crippen LogP contribution in [0.15, 0.2) is 24.4 Å². The summed E-state index contributed by atoms with van der Waals surface area (Å²) >= 11 is 6.09. The first kappa shape index (κ1) is 11.4. The maximum atomic E-state index is 11.4. The second kappa shape index (κ2) is 4.40. The molecule has 0 bridgehead atoms. The van der Waals surface area contributed by atoms with E-state index >= 15 is 0 Å². The van der Waals surface area contributed by atoms with Gasteiger partial charge >= 0.3 is 5.97 Å². The van der Waals surface area contributed by atoms with E-state index in [1.807, 2.05) is 6.07 Å². The summed E-state index contributed by atoms with van der Waals surface area (Å²) in [6, 6.07) is 6.91. The molecule has 1 aromatic carbocycles.